The van der Waals surface area contributed by atoms with Crippen LogP contribution in [0.3, 0.4) is 0 Å². The van der Waals surface area contributed by atoms with Crippen LogP contribution >= 0.6 is 0 Å². The van der Waals surface area contributed by atoms with Crippen molar-refractivity contribution in [1.29, 1.82) is 0 Å². The van der Waals surface area contributed by atoms with Crippen molar-refractivity contribution in [3.63, 3.8) is 0 Å². The van der Waals surface area contributed by atoms with Gasteiger partial charge in [-0.15, -0.1) is 0 Å². The Morgan fingerprint density at radius 3 is 2.60 bits per heavy atom. The Labute approximate surface area is 111 Å². The molecule has 0 saturated heterocycles. The van der Waals surface area contributed by atoms with E-state index in [1.807, 2.05) is 0 Å². The lowest BCUT2D eigenvalue weighted by atomic mass is 10.1. The van der Waals surface area contributed by atoms with E-state index in [9.17, 15) is 13.6 Å². The number of fused-ring (bicyclic) bond motifs is 1. The van der Waals surface area contributed by atoms with Gasteiger partial charge in [-0.2, -0.15) is 0 Å². The third-order valence-corrected chi connectivity index (χ3v) is 2.80. The number of benzene rings is 1. The molecule has 0 saturated carbocycles. The highest BCUT2D eigenvalue weighted by Crippen LogP contribution is 2.25. The molecule has 0 aliphatic heterocycles. The molecule has 0 radical (unpaired) electrons. The molecule has 0 aliphatic carbocycles. The smallest absolute Gasteiger partial charge is 0.358 e. The number of carboxylic acid groups (broad SMARTS) is 1. The zero-order valence-electron chi connectivity index (χ0n) is 9.92. The van der Waals surface area contributed by atoms with E-state index in [-0.39, 0.29) is 22.6 Å². The number of hydrogen-bond acceptors (Lipinski definition) is 3. The Balaban J connectivity index is 2.29. The second-order valence-electron chi connectivity index (χ2n) is 4.03. The molecule has 1 aromatic carbocycles. The minimum atomic E-state index is -1.26. The van der Waals surface area contributed by atoms with Crippen LogP contribution in [0, 0.1) is 11.6 Å². The van der Waals surface area contributed by atoms with Gasteiger partial charge in [0.15, 0.2) is 11.3 Å². The zero-order chi connectivity index (χ0) is 14.3. The van der Waals surface area contributed by atoms with Crippen molar-refractivity contribution in [2.45, 2.75) is 0 Å². The van der Waals surface area contributed by atoms with Crippen LogP contribution in [0.15, 0.2) is 36.8 Å². The van der Waals surface area contributed by atoms with Crippen molar-refractivity contribution in [3.8, 4) is 11.3 Å². The molecule has 2 aromatic heterocycles. The van der Waals surface area contributed by atoms with Crippen LogP contribution in [0.25, 0.3) is 16.9 Å². The first-order valence-corrected chi connectivity index (χ1v) is 5.59. The molecule has 20 heavy (non-hydrogen) atoms. The second kappa shape index (κ2) is 4.37. The second-order valence-corrected chi connectivity index (χ2v) is 4.03. The van der Waals surface area contributed by atoms with Gasteiger partial charge in [-0.3, -0.25) is 0 Å². The molecule has 0 atom stereocenters. The molecule has 2 heterocycles. The zero-order valence-corrected chi connectivity index (χ0v) is 9.92. The molecule has 1 N–H and O–H groups in total. The summed E-state index contributed by atoms with van der Waals surface area (Å²) >= 11 is 0. The predicted molar refractivity (Wildman–Crippen MR) is 65.3 cm³/mol. The Hall–Kier alpha value is -2.83. The number of halogens is 2. The highest BCUT2D eigenvalue weighted by atomic mass is 19.1. The normalized spacial score (nSPS) is 10.9. The fourth-order valence-corrected chi connectivity index (χ4v) is 1.93. The molecule has 3 aromatic rings. The van der Waals surface area contributed by atoms with Crippen molar-refractivity contribution in [2.75, 3.05) is 0 Å². The van der Waals surface area contributed by atoms with Crippen molar-refractivity contribution in [3.05, 3.63) is 54.1 Å². The molecule has 0 fully saturated rings. The third-order valence-electron chi connectivity index (χ3n) is 2.80. The Morgan fingerprint density at radius 2 is 1.95 bits per heavy atom. The summed E-state index contributed by atoms with van der Waals surface area (Å²) in [5, 5.41) is 9.01. The quantitative estimate of drug-likeness (QED) is 0.779. The van der Waals surface area contributed by atoms with Crippen LogP contribution in [0.2, 0.25) is 0 Å². The molecule has 0 aliphatic rings. The molecule has 5 nitrogen and oxygen atoms in total. The molecule has 0 spiro atoms. The van der Waals surface area contributed by atoms with Crippen LogP contribution < -0.4 is 0 Å². The van der Waals surface area contributed by atoms with Crippen molar-refractivity contribution >= 4 is 11.6 Å². The average Bonchev–Trinajstić information content (AvgIpc) is 2.81. The van der Waals surface area contributed by atoms with Crippen LogP contribution in [0.1, 0.15) is 10.5 Å². The van der Waals surface area contributed by atoms with Gasteiger partial charge in [0.1, 0.15) is 11.6 Å². The van der Waals surface area contributed by atoms with Gasteiger partial charge in [0.2, 0.25) is 0 Å². The van der Waals surface area contributed by atoms with E-state index in [2.05, 4.69) is 9.97 Å². The van der Waals surface area contributed by atoms with Gasteiger partial charge in [-0.1, -0.05) is 6.07 Å². The fraction of sp³-hybridized carbons (Fsp3) is 0. The van der Waals surface area contributed by atoms with E-state index < -0.39 is 17.6 Å². The SMILES string of the molecule is O=C(O)c1nccn2cc(-c3c(F)cccc3F)nc12. The first kappa shape index (κ1) is 12.2. The maximum absolute atomic E-state index is 13.7. The highest BCUT2D eigenvalue weighted by molar-refractivity contribution is 5.92. The van der Waals surface area contributed by atoms with Crippen molar-refractivity contribution in [2.24, 2.45) is 0 Å². The topological polar surface area (TPSA) is 67.5 Å². The van der Waals surface area contributed by atoms with Crippen LogP contribution in [0.5, 0.6) is 0 Å². The van der Waals surface area contributed by atoms with Gasteiger partial charge >= 0.3 is 5.97 Å². The van der Waals surface area contributed by atoms with Gasteiger partial charge < -0.3 is 9.51 Å². The van der Waals surface area contributed by atoms with Gasteiger partial charge in [-0.05, 0) is 12.1 Å². The van der Waals surface area contributed by atoms with E-state index in [0.29, 0.717) is 0 Å². The standard InChI is InChI=1S/C13H7F2N3O2/c14-7-2-1-3-8(15)10(7)9-6-18-5-4-16-11(13(19)20)12(18)17-9/h1-6H,(H,19,20). The number of carboxylic acids is 1. The first-order chi connectivity index (χ1) is 9.58. The predicted octanol–water partition coefficient (Wildman–Crippen LogP) is 2.37. The maximum Gasteiger partial charge on any atom is 0.358 e. The van der Waals surface area contributed by atoms with Gasteiger partial charge in [0, 0.05) is 18.6 Å². The molecule has 7 heteroatoms. The molecule has 0 unspecified atom stereocenters. The van der Waals surface area contributed by atoms with E-state index in [1.165, 1.54) is 29.1 Å². The molecule has 3 rings (SSSR count). The first-order valence-electron chi connectivity index (χ1n) is 5.59. The number of aromatic carboxylic acids is 1. The minimum absolute atomic E-state index is 0.0103. The summed E-state index contributed by atoms with van der Waals surface area (Å²) in [7, 11) is 0. The molecule has 100 valence electrons. The monoisotopic (exact) mass is 275 g/mol. The van der Waals surface area contributed by atoms with E-state index in [4.69, 9.17) is 5.11 Å². The Bertz CT molecular complexity index is 809. The number of rotatable bonds is 2. The lowest BCUT2D eigenvalue weighted by Gasteiger charge is -1.99. The molecule has 0 bridgehead atoms. The summed E-state index contributed by atoms with van der Waals surface area (Å²) in [6.45, 7) is 0. The largest absolute Gasteiger partial charge is 0.476 e. The lowest BCUT2D eigenvalue weighted by molar-refractivity contribution is 0.0692. The summed E-state index contributed by atoms with van der Waals surface area (Å²) < 4.78 is 28.8. The number of imidazole rings is 1. The van der Waals surface area contributed by atoms with Crippen LogP contribution in [-0.2, 0) is 0 Å². The van der Waals surface area contributed by atoms with E-state index in [0.717, 1.165) is 12.1 Å². The number of aromatic nitrogens is 3. The third kappa shape index (κ3) is 1.80. The van der Waals surface area contributed by atoms with Crippen molar-refractivity contribution in [1.82, 2.24) is 14.4 Å². The van der Waals surface area contributed by atoms with E-state index >= 15 is 0 Å². The summed E-state index contributed by atoms with van der Waals surface area (Å²) in [5.74, 6) is -2.79. The number of nitrogens with zero attached hydrogens (tertiary/aromatic N) is 3. The average molecular weight is 275 g/mol. The number of carbonyl (C=O) groups is 1. The molecular weight excluding hydrogens is 268 g/mol. The lowest BCUT2D eigenvalue weighted by Crippen LogP contribution is -2.03. The van der Waals surface area contributed by atoms with Gasteiger partial charge in [0.25, 0.3) is 0 Å². The summed E-state index contributed by atoms with van der Waals surface area (Å²) in [5.41, 5.74) is -0.545. The van der Waals surface area contributed by atoms with Crippen LogP contribution in [-0.4, -0.2) is 25.4 Å². The van der Waals surface area contributed by atoms with E-state index in [1.54, 1.807) is 0 Å². The van der Waals surface area contributed by atoms with Gasteiger partial charge in [-0.25, -0.2) is 23.5 Å². The summed E-state index contributed by atoms with van der Waals surface area (Å²) in [4.78, 5) is 18.7. The highest BCUT2D eigenvalue weighted by Gasteiger charge is 2.18. The number of hydrogen-bond donors (Lipinski definition) is 1. The fourth-order valence-electron chi connectivity index (χ4n) is 1.93. The Morgan fingerprint density at radius 1 is 1.25 bits per heavy atom. The maximum atomic E-state index is 13.7. The minimum Gasteiger partial charge on any atom is -0.476 e. The molecule has 0 amide bonds. The summed E-state index contributed by atoms with van der Waals surface area (Å²) in [6.07, 6.45) is 4.08. The van der Waals surface area contributed by atoms with Gasteiger partial charge in [0.05, 0.1) is 11.3 Å². The summed E-state index contributed by atoms with van der Waals surface area (Å²) in [6, 6.07) is 3.46. The molecular formula is C13H7F2N3O2. The Kier molecular flexibility index (Phi) is 2.67. The van der Waals surface area contributed by atoms with Crippen molar-refractivity contribution < 1.29 is 18.7 Å². The van der Waals surface area contributed by atoms with Crippen LogP contribution in [0.4, 0.5) is 8.78 Å².